The summed E-state index contributed by atoms with van der Waals surface area (Å²) in [5.74, 6) is -0.353. The highest BCUT2D eigenvalue weighted by Gasteiger charge is 2.24. The standard InChI is InChI=1S/C24H21ClN4O2/c1-14-11-15-3-2-4-18-22(15)29(14)13-19(23(18)30)24(31)28-10-9-27-20-7-8-26-21-12-16(25)5-6-17(20)21/h2-8,12-14H,9-11H2,1H3,(H,26,27)(H,28,31)/t14-/m1/s1. The SMILES string of the molecule is C[C@@H]1Cc2cccc3c(=O)c(C(=O)NCCNc4ccnc5cc(Cl)ccc45)cn1c23. The fourth-order valence-electron chi connectivity index (χ4n) is 4.32. The number of fused-ring (bicyclic) bond motifs is 1. The number of rotatable bonds is 5. The van der Waals surface area contributed by atoms with Gasteiger partial charge < -0.3 is 15.2 Å². The van der Waals surface area contributed by atoms with Gasteiger partial charge in [0.15, 0.2) is 0 Å². The Hall–Kier alpha value is -3.38. The van der Waals surface area contributed by atoms with Crippen molar-refractivity contribution < 1.29 is 4.79 Å². The van der Waals surface area contributed by atoms with Gasteiger partial charge in [-0.2, -0.15) is 0 Å². The van der Waals surface area contributed by atoms with E-state index in [0.717, 1.165) is 34.1 Å². The number of nitrogens with zero attached hydrogens (tertiary/aromatic N) is 2. The molecule has 2 N–H and O–H groups in total. The fraction of sp³-hybridized carbons (Fsp3) is 0.208. The summed E-state index contributed by atoms with van der Waals surface area (Å²) in [4.78, 5) is 30.0. The summed E-state index contributed by atoms with van der Waals surface area (Å²) in [6.07, 6.45) is 4.29. The smallest absolute Gasteiger partial charge is 0.256 e. The van der Waals surface area contributed by atoms with Crippen LogP contribution in [0.2, 0.25) is 5.02 Å². The van der Waals surface area contributed by atoms with Crippen molar-refractivity contribution in [1.82, 2.24) is 14.9 Å². The van der Waals surface area contributed by atoms with E-state index in [2.05, 4.69) is 22.5 Å². The number of halogens is 1. The highest BCUT2D eigenvalue weighted by Crippen LogP contribution is 2.30. The summed E-state index contributed by atoms with van der Waals surface area (Å²) in [7, 11) is 0. The van der Waals surface area contributed by atoms with E-state index in [4.69, 9.17) is 11.6 Å². The molecule has 156 valence electrons. The van der Waals surface area contributed by atoms with Gasteiger partial charge in [0.05, 0.1) is 11.0 Å². The van der Waals surface area contributed by atoms with Crippen LogP contribution in [-0.2, 0) is 6.42 Å². The van der Waals surface area contributed by atoms with Gasteiger partial charge in [0.1, 0.15) is 5.56 Å². The van der Waals surface area contributed by atoms with Gasteiger partial charge in [-0.15, -0.1) is 0 Å². The van der Waals surface area contributed by atoms with E-state index in [-0.39, 0.29) is 22.9 Å². The number of hydrogen-bond acceptors (Lipinski definition) is 4. The zero-order valence-corrected chi connectivity index (χ0v) is 17.7. The second-order valence-corrected chi connectivity index (χ2v) is 8.28. The molecule has 0 spiro atoms. The maximum Gasteiger partial charge on any atom is 0.256 e. The van der Waals surface area contributed by atoms with Crippen molar-refractivity contribution in [3.05, 3.63) is 81.2 Å². The average molecular weight is 433 g/mol. The number of amides is 1. The van der Waals surface area contributed by atoms with E-state index in [9.17, 15) is 9.59 Å². The second-order valence-electron chi connectivity index (χ2n) is 7.85. The Morgan fingerprint density at radius 2 is 2.06 bits per heavy atom. The Morgan fingerprint density at radius 3 is 2.94 bits per heavy atom. The Morgan fingerprint density at radius 1 is 1.19 bits per heavy atom. The van der Waals surface area contributed by atoms with Crippen LogP contribution in [0.4, 0.5) is 5.69 Å². The number of carbonyl (C=O) groups excluding carboxylic acids is 1. The molecule has 0 saturated carbocycles. The van der Waals surface area contributed by atoms with Crippen LogP contribution in [0.15, 0.2) is 59.7 Å². The quantitative estimate of drug-likeness (QED) is 0.464. The molecule has 0 radical (unpaired) electrons. The number of aromatic nitrogens is 2. The van der Waals surface area contributed by atoms with E-state index in [1.807, 2.05) is 41.0 Å². The molecule has 1 aliphatic rings. The predicted octanol–water partition coefficient (Wildman–Crippen LogP) is 4.16. The molecule has 0 fully saturated rings. The summed E-state index contributed by atoms with van der Waals surface area (Å²) in [5.41, 5.74) is 3.78. The first-order valence-corrected chi connectivity index (χ1v) is 10.6. The predicted molar refractivity (Wildman–Crippen MR) is 124 cm³/mol. The van der Waals surface area contributed by atoms with Crippen LogP contribution in [0.1, 0.15) is 28.9 Å². The number of benzene rings is 2. The first-order chi connectivity index (χ1) is 15.0. The summed E-state index contributed by atoms with van der Waals surface area (Å²) in [6.45, 7) is 2.99. The molecule has 2 aromatic heterocycles. The third-order valence-corrected chi connectivity index (χ3v) is 6.04. The van der Waals surface area contributed by atoms with Gasteiger partial charge in [0, 0.05) is 53.0 Å². The molecule has 3 heterocycles. The minimum Gasteiger partial charge on any atom is -0.383 e. The van der Waals surface area contributed by atoms with Crippen LogP contribution in [0.25, 0.3) is 21.8 Å². The minimum atomic E-state index is -0.353. The molecule has 0 aliphatic carbocycles. The van der Waals surface area contributed by atoms with Gasteiger partial charge in [-0.1, -0.05) is 23.7 Å². The lowest BCUT2D eigenvalue weighted by molar-refractivity contribution is 0.0953. The lowest BCUT2D eigenvalue weighted by Gasteiger charge is -2.13. The Balaban J connectivity index is 1.31. The highest BCUT2D eigenvalue weighted by atomic mass is 35.5. The molecule has 1 atom stereocenters. The van der Waals surface area contributed by atoms with Gasteiger partial charge in [-0.3, -0.25) is 14.6 Å². The normalized spacial score (nSPS) is 14.8. The lowest BCUT2D eigenvalue weighted by atomic mass is 10.1. The van der Waals surface area contributed by atoms with E-state index in [0.29, 0.717) is 23.5 Å². The van der Waals surface area contributed by atoms with Crippen LogP contribution in [0.3, 0.4) is 0 Å². The molecule has 5 rings (SSSR count). The zero-order valence-electron chi connectivity index (χ0n) is 17.0. The molecule has 31 heavy (non-hydrogen) atoms. The van der Waals surface area contributed by atoms with Gasteiger partial charge in [-0.05, 0) is 49.2 Å². The first kappa shape index (κ1) is 19.6. The van der Waals surface area contributed by atoms with Crippen molar-refractivity contribution in [1.29, 1.82) is 0 Å². The van der Waals surface area contributed by atoms with Crippen molar-refractivity contribution >= 4 is 45.0 Å². The number of nitrogens with one attached hydrogen (secondary N) is 2. The molecule has 1 aliphatic heterocycles. The average Bonchev–Trinajstić information content (AvgIpc) is 3.09. The highest BCUT2D eigenvalue weighted by molar-refractivity contribution is 6.31. The molecule has 6 nitrogen and oxygen atoms in total. The van der Waals surface area contributed by atoms with Crippen LogP contribution in [0, 0.1) is 0 Å². The second kappa shape index (κ2) is 7.71. The molecular weight excluding hydrogens is 412 g/mol. The largest absolute Gasteiger partial charge is 0.383 e. The van der Waals surface area contributed by atoms with Gasteiger partial charge >= 0.3 is 0 Å². The van der Waals surface area contributed by atoms with Crippen LogP contribution in [0.5, 0.6) is 0 Å². The molecule has 0 unspecified atom stereocenters. The zero-order chi connectivity index (χ0) is 21.5. The van der Waals surface area contributed by atoms with E-state index in [1.54, 1.807) is 18.5 Å². The van der Waals surface area contributed by atoms with E-state index in [1.165, 1.54) is 0 Å². The third kappa shape index (κ3) is 3.43. The fourth-order valence-corrected chi connectivity index (χ4v) is 4.49. The minimum absolute atomic E-state index is 0.183. The molecule has 1 amide bonds. The number of para-hydroxylation sites is 1. The Labute approximate surface area is 183 Å². The molecule has 4 aromatic rings. The Bertz CT molecular complexity index is 1400. The summed E-state index contributed by atoms with van der Waals surface area (Å²) >= 11 is 6.04. The maximum absolute atomic E-state index is 12.9. The number of carbonyl (C=O) groups is 1. The van der Waals surface area contributed by atoms with Gasteiger partial charge in [-0.25, -0.2) is 0 Å². The Kier molecular flexibility index (Phi) is 4.87. The number of pyridine rings is 2. The van der Waals surface area contributed by atoms with Gasteiger partial charge in [0.25, 0.3) is 5.91 Å². The molecule has 7 heteroatoms. The van der Waals surface area contributed by atoms with Crippen LogP contribution in [-0.4, -0.2) is 28.5 Å². The van der Waals surface area contributed by atoms with E-state index < -0.39 is 0 Å². The molecular formula is C24H21ClN4O2. The van der Waals surface area contributed by atoms with Crippen molar-refractivity contribution in [3.63, 3.8) is 0 Å². The maximum atomic E-state index is 12.9. The van der Waals surface area contributed by atoms with Crippen LogP contribution >= 0.6 is 11.6 Å². The monoisotopic (exact) mass is 432 g/mol. The number of anilines is 1. The molecule has 0 saturated heterocycles. The molecule has 0 bridgehead atoms. The van der Waals surface area contributed by atoms with Gasteiger partial charge in [0.2, 0.25) is 5.43 Å². The third-order valence-electron chi connectivity index (χ3n) is 5.80. The summed E-state index contributed by atoms with van der Waals surface area (Å²) in [5, 5.41) is 8.38. The van der Waals surface area contributed by atoms with Crippen LogP contribution < -0.4 is 16.1 Å². The van der Waals surface area contributed by atoms with E-state index >= 15 is 0 Å². The first-order valence-electron chi connectivity index (χ1n) is 10.3. The van der Waals surface area contributed by atoms with Crippen molar-refractivity contribution in [3.8, 4) is 0 Å². The lowest BCUT2D eigenvalue weighted by Crippen LogP contribution is -2.33. The van der Waals surface area contributed by atoms with Crippen molar-refractivity contribution in [2.45, 2.75) is 19.4 Å². The topological polar surface area (TPSA) is 76.0 Å². The number of hydrogen-bond donors (Lipinski definition) is 2. The van der Waals surface area contributed by atoms with Crippen molar-refractivity contribution in [2.24, 2.45) is 0 Å². The summed E-state index contributed by atoms with van der Waals surface area (Å²) in [6, 6.07) is 13.4. The van der Waals surface area contributed by atoms with Crippen molar-refractivity contribution in [2.75, 3.05) is 18.4 Å². The molecule has 2 aromatic carbocycles. The summed E-state index contributed by atoms with van der Waals surface area (Å²) < 4.78 is 2.05.